The predicted molar refractivity (Wildman–Crippen MR) is 60.3 cm³/mol. The van der Waals surface area contributed by atoms with E-state index in [0.717, 1.165) is 5.39 Å². The van der Waals surface area contributed by atoms with Crippen LogP contribution in [0.3, 0.4) is 0 Å². The molecule has 0 aliphatic carbocycles. The van der Waals surface area contributed by atoms with Crippen LogP contribution < -0.4 is 4.74 Å². The van der Waals surface area contributed by atoms with E-state index < -0.39 is 11.8 Å². The summed E-state index contributed by atoms with van der Waals surface area (Å²) in [6, 6.07) is 6.27. The Balaban J connectivity index is 2.59. The van der Waals surface area contributed by atoms with Gasteiger partial charge in [0.05, 0.1) is 7.11 Å². The summed E-state index contributed by atoms with van der Waals surface area (Å²) in [7, 11) is 1.50. The van der Waals surface area contributed by atoms with E-state index >= 15 is 0 Å². The van der Waals surface area contributed by atoms with Crippen molar-refractivity contribution in [3.8, 4) is 5.88 Å². The van der Waals surface area contributed by atoms with Crippen LogP contribution in [0.5, 0.6) is 5.88 Å². The van der Waals surface area contributed by atoms with Gasteiger partial charge in [-0.05, 0) is 29.7 Å². The van der Waals surface area contributed by atoms with Gasteiger partial charge in [-0.1, -0.05) is 0 Å². The average molecular weight is 231 g/mol. The molecule has 0 saturated carbocycles. The summed E-state index contributed by atoms with van der Waals surface area (Å²) in [5.74, 6) is -1.95. The van der Waals surface area contributed by atoms with E-state index in [4.69, 9.17) is 9.84 Å². The zero-order valence-corrected chi connectivity index (χ0v) is 9.01. The summed E-state index contributed by atoms with van der Waals surface area (Å²) < 4.78 is 5.06. The van der Waals surface area contributed by atoms with Gasteiger partial charge in [-0.15, -0.1) is 0 Å². The van der Waals surface area contributed by atoms with E-state index in [1.165, 1.54) is 25.4 Å². The molecule has 0 atom stereocenters. The Bertz CT molecular complexity index is 606. The number of hydrogen-bond acceptors (Lipinski definition) is 4. The quantitative estimate of drug-likeness (QED) is 0.640. The standard InChI is InChI=1S/C12H9NO4/c1-17-11-9-3-2-8(10(14)12(15)16)6-7(9)4-5-13-11/h2-6H,1H3,(H,15,16). The van der Waals surface area contributed by atoms with E-state index in [-0.39, 0.29) is 5.56 Å². The van der Waals surface area contributed by atoms with Gasteiger partial charge in [-0.2, -0.15) is 0 Å². The van der Waals surface area contributed by atoms with Crippen LogP contribution >= 0.6 is 0 Å². The third-order valence-electron chi connectivity index (χ3n) is 2.38. The molecular weight excluding hydrogens is 222 g/mol. The van der Waals surface area contributed by atoms with Crippen molar-refractivity contribution >= 4 is 22.5 Å². The number of ether oxygens (including phenoxy) is 1. The number of pyridine rings is 1. The number of Topliss-reactive ketones (excluding diaryl/α,β-unsaturated/α-hetero) is 1. The lowest BCUT2D eigenvalue weighted by molar-refractivity contribution is -0.131. The van der Waals surface area contributed by atoms with Crippen molar-refractivity contribution in [3.05, 3.63) is 36.0 Å². The number of aromatic nitrogens is 1. The van der Waals surface area contributed by atoms with Crippen LogP contribution in [0.4, 0.5) is 0 Å². The van der Waals surface area contributed by atoms with Gasteiger partial charge in [0.2, 0.25) is 5.88 Å². The lowest BCUT2D eigenvalue weighted by atomic mass is 10.1. The fourth-order valence-corrected chi connectivity index (χ4v) is 1.58. The number of aliphatic carboxylic acids is 1. The van der Waals surface area contributed by atoms with Crippen molar-refractivity contribution in [2.24, 2.45) is 0 Å². The van der Waals surface area contributed by atoms with E-state index in [1.807, 2.05) is 0 Å². The zero-order valence-electron chi connectivity index (χ0n) is 9.01. The topological polar surface area (TPSA) is 76.5 Å². The van der Waals surface area contributed by atoms with Crippen molar-refractivity contribution < 1.29 is 19.4 Å². The molecule has 5 heteroatoms. The van der Waals surface area contributed by atoms with Gasteiger partial charge >= 0.3 is 5.97 Å². The van der Waals surface area contributed by atoms with E-state index in [0.29, 0.717) is 11.3 Å². The maximum atomic E-state index is 11.3. The second-order valence-corrected chi connectivity index (χ2v) is 3.39. The van der Waals surface area contributed by atoms with Gasteiger partial charge in [0, 0.05) is 17.1 Å². The summed E-state index contributed by atoms with van der Waals surface area (Å²) in [4.78, 5) is 25.9. The van der Waals surface area contributed by atoms with Crippen LogP contribution in [-0.2, 0) is 4.79 Å². The number of carbonyl (C=O) groups excluding carboxylic acids is 1. The molecule has 0 amide bonds. The van der Waals surface area contributed by atoms with Crippen molar-refractivity contribution in [2.75, 3.05) is 7.11 Å². The van der Waals surface area contributed by atoms with Crippen LogP contribution in [0, 0.1) is 0 Å². The van der Waals surface area contributed by atoms with Crippen LogP contribution in [0.1, 0.15) is 10.4 Å². The molecule has 0 spiro atoms. The van der Waals surface area contributed by atoms with Crippen LogP contribution in [-0.4, -0.2) is 29.0 Å². The fraction of sp³-hybridized carbons (Fsp3) is 0.0833. The first-order chi connectivity index (χ1) is 8.13. The molecule has 1 heterocycles. The van der Waals surface area contributed by atoms with Gasteiger partial charge in [0.15, 0.2) is 0 Å². The van der Waals surface area contributed by atoms with Crippen LogP contribution in [0.2, 0.25) is 0 Å². The highest BCUT2D eigenvalue weighted by Crippen LogP contribution is 2.23. The third-order valence-corrected chi connectivity index (χ3v) is 2.38. The minimum absolute atomic E-state index is 0.137. The number of rotatable bonds is 3. The highest BCUT2D eigenvalue weighted by atomic mass is 16.5. The summed E-state index contributed by atoms with van der Waals surface area (Å²) in [5, 5.41) is 10.1. The zero-order chi connectivity index (χ0) is 12.4. The second-order valence-electron chi connectivity index (χ2n) is 3.39. The molecule has 0 fully saturated rings. The van der Waals surface area contributed by atoms with Gasteiger partial charge in [0.1, 0.15) is 0 Å². The molecule has 0 bridgehead atoms. The molecule has 86 valence electrons. The molecule has 1 N–H and O–H groups in total. The number of hydrogen-bond donors (Lipinski definition) is 1. The highest BCUT2D eigenvalue weighted by Gasteiger charge is 2.15. The smallest absolute Gasteiger partial charge is 0.377 e. The van der Waals surface area contributed by atoms with E-state index in [9.17, 15) is 9.59 Å². The second kappa shape index (κ2) is 4.21. The molecule has 0 unspecified atom stereocenters. The number of carboxylic acids is 1. The molecular formula is C12H9NO4. The minimum Gasteiger partial charge on any atom is -0.481 e. The van der Waals surface area contributed by atoms with Crippen molar-refractivity contribution in [2.45, 2.75) is 0 Å². The lowest BCUT2D eigenvalue weighted by Crippen LogP contribution is -2.12. The number of fused-ring (bicyclic) bond motifs is 1. The van der Waals surface area contributed by atoms with E-state index in [2.05, 4.69) is 4.98 Å². The third kappa shape index (κ3) is 1.94. The Morgan fingerprint density at radius 2 is 2.06 bits per heavy atom. The molecule has 2 rings (SSSR count). The summed E-state index contributed by atoms with van der Waals surface area (Å²) in [5.41, 5.74) is 0.137. The highest BCUT2D eigenvalue weighted by molar-refractivity contribution is 6.40. The Morgan fingerprint density at radius 3 is 2.71 bits per heavy atom. The lowest BCUT2D eigenvalue weighted by Gasteiger charge is -2.04. The van der Waals surface area contributed by atoms with Crippen molar-refractivity contribution in [3.63, 3.8) is 0 Å². The van der Waals surface area contributed by atoms with Gasteiger partial charge in [-0.3, -0.25) is 4.79 Å². The van der Waals surface area contributed by atoms with Crippen LogP contribution in [0.15, 0.2) is 30.5 Å². The SMILES string of the molecule is COc1nccc2cc(C(=O)C(=O)O)ccc12. The Hall–Kier alpha value is -2.43. The number of methoxy groups -OCH3 is 1. The van der Waals surface area contributed by atoms with Gasteiger partial charge in [0.25, 0.3) is 5.78 Å². The molecule has 2 aromatic rings. The maximum Gasteiger partial charge on any atom is 0.377 e. The summed E-state index contributed by atoms with van der Waals surface area (Å²) >= 11 is 0. The molecule has 0 aliphatic heterocycles. The average Bonchev–Trinajstić information content (AvgIpc) is 2.36. The number of benzene rings is 1. The molecule has 0 radical (unpaired) electrons. The Labute approximate surface area is 96.7 Å². The molecule has 5 nitrogen and oxygen atoms in total. The number of nitrogens with zero attached hydrogens (tertiary/aromatic N) is 1. The van der Waals surface area contributed by atoms with Crippen molar-refractivity contribution in [1.29, 1.82) is 0 Å². The Morgan fingerprint density at radius 1 is 1.29 bits per heavy atom. The molecule has 1 aromatic heterocycles. The van der Waals surface area contributed by atoms with Crippen molar-refractivity contribution in [1.82, 2.24) is 4.98 Å². The monoisotopic (exact) mass is 231 g/mol. The molecule has 1 aromatic carbocycles. The van der Waals surface area contributed by atoms with Crippen LogP contribution in [0.25, 0.3) is 10.8 Å². The summed E-state index contributed by atoms with van der Waals surface area (Å²) in [6.07, 6.45) is 1.54. The molecule has 0 saturated heterocycles. The minimum atomic E-state index is -1.47. The largest absolute Gasteiger partial charge is 0.481 e. The Kier molecular flexibility index (Phi) is 2.74. The molecule has 17 heavy (non-hydrogen) atoms. The first-order valence-corrected chi connectivity index (χ1v) is 4.84. The normalized spacial score (nSPS) is 10.2. The maximum absolute atomic E-state index is 11.3. The number of ketones is 1. The first kappa shape index (κ1) is 11.1. The predicted octanol–water partition coefficient (Wildman–Crippen LogP) is 1.51. The van der Waals surface area contributed by atoms with E-state index in [1.54, 1.807) is 12.1 Å². The summed E-state index contributed by atoms with van der Waals surface area (Å²) in [6.45, 7) is 0. The first-order valence-electron chi connectivity index (χ1n) is 4.84. The number of carboxylic acid groups (broad SMARTS) is 1. The van der Waals surface area contributed by atoms with Gasteiger partial charge in [-0.25, -0.2) is 9.78 Å². The number of carbonyl (C=O) groups is 2. The fourth-order valence-electron chi connectivity index (χ4n) is 1.58. The molecule has 0 aliphatic rings. The van der Waals surface area contributed by atoms with Gasteiger partial charge < -0.3 is 9.84 Å².